The van der Waals surface area contributed by atoms with Crippen LogP contribution in [0.15, 0.2) is 73.1 Å². The van der Waals surface area contributed by atoms with E-state index in [1.807, 2.05) is 36.5 Å². The Morgan fingerprint density at radius 3 is 2.54 bits per heavy atom. The van der Waals surface area contributed by atoms with Gasteiger partial charge in [-0.2, -0.15) is 5.26 Å². The zero-order valence-electron chi connectivity index (χ0n) is 15.3. The summed E-state index contributed by atoms with van der Waals surface area (Å²) in [6.45, 7) is 0.827. The van der Waals surface area contributed by atoms with E-state index >= 15 is 0 Å². The van der Waals surface area contributed by atoms with Crippen molar-refractivity contribution in [3.8, 4) is 6.07 Å². The van der Waals surface area contributed by atoms with Gasteiger partial charge in [-0.3, -0.25) is 9.78 Å². The lowest BCUT2D eigenvalue weighted by atomic mass is 10.2. The Labute approximate surface area is 167 Å². The van der Waals surface area contributed by atoms with Gasteiger partial charge in [0, 0.05) is 31.5 Å². The second kappa shape index (κ2) is 9.40. The molecule has 0 aliphatic carbocycles. The number of aromatic nitrogens is 2. The largest absolute Gasteiger partial charge is 0.347 e. The summed E-state index contributed by atoms with van der Waals surface area (Å²) in [5.74, 6) is 0. The molecule has 0 unspecified atom stereocenters. The molecule has 6 heteroatoms. The van der Waals surface area contributed by atoms with Gasteiger partial charge < -0.3 is 4.90 Å². The minimum absolute atomic E-state index is 0.575. The molecule has 0 aliphatic heterocycles. The van der Waals surface area contributed by atoms with Crippen LogP contribution in [-0.2, 0) is 6.54 Å². The van der Waals surface area contributed by atoms with Crippen LogP contribution in [0.4, 0.5) is 5.13 Å². The molecule has 0 fully saturated rings. The van der Waals surface area contributed by atoms with Gasteiger partial charge in [0.05, 0.1) is 21.8 Å². The number of hydrogen-bond acceptors (Lipinski definition) is 6. The monoisotopic (exact) mass is 386 g/mol. The van der Waals surface area contributed by atoms with Gasteiger partial charge in [0.1, 0.15) is 6.29 Å². The number of anilines is 1. The number of nitrogens with zero attached hydrogens (tertiary/aromatic N) is 4. The summed E-state index contributed by atoms with van der Waals surface area (Å²) in [5.41, 5.74) is 3.43. The van der Waals surface area contributed by atoms with Crippen LogP contribution in [0.1, 0.15) is 21.5 Å². The molecule has 0 radical (unpaired) electrons. The van der Waals surface area contributed by atoms with Crippen molar-refractivity contribution < 1.29 is 4.79 Å². The standard InChI is InChI=1S/C14H13N3S.C8H5NO/c1-17(10-11-5-4-8-15-9-11)14-16-12-6-2-3-7-13(12)18-14;9-5-7-1-3-8(6-10)4-2-7/h2-9H,10H2,1H3;1-4,6H. The van der Waals surface area contributed by atoms with E-state index in [9.17, 15) is 4.79 Å². The van der Waals surface area contributed by atoms with Crippen LogP contribution in [-0.4, -0.2) is 23.3 Å². The first-order valence-electron chi connectivity index (χ1n) is 8.60. The van der Waals surface area contributed by atoms with Crippen molar-refractivity contribution in [3.05, 3.63) is 89.7 Å². The Balaban J connectivity index is 0.000000192. The number of benzene rings is 2. The van der Waals surface area contributed by atoms with Gasteiger partial charge in [0.25, 0.3) is 0 Å². The van der Waals surface area contributed by atoms with Crippen molar-refractivity contribution in [1.29, 1.82) is 5.26 Å². The lowest BCUT2D eigenvalue weighted by molar-refractivity contribution is 0.112. The first-order valence-corrected chi connectivity index (χ1v) is 9.42. The number of rotatable bonds is 4. The number of hydrogen-bond donors (Lipinski definition) is 0. The quantitative estimate of drug-likeness (QED) is 0.476. The highest BCUT2D eigenvalue weighted by Gasteiger charge is 2.08. The fourth-order valence-electron chi connectivity index (χ4n) is 2.49. The molecule has 0 bridgehead atoms. The predicted octanol–water partition coefficient (Wildman–Crippen LogP) is 4.70. The molecule has 138 valence electrons. The third kappa shape index (κ3) is 5.00. The Kier molecular flexibility index (Phi) is 6.45. The predicted molar refractivity (Wildman–Crippen MR) is 113 cm³/mol. The maximum Gasteiger partial charge on any atom is 0.186 e. The summed E-state index contributed by atoms with van der Waals surface area (Å²) in [5, 5.41) is 9.40. The van der Waals surface area contributed by atoms with Crippen LogP contribution in [0.25, 0.3) is 10.2 Å². The average molecular weight is 386 g/mol. The molecule has 28 heavy (non-hydrogen) atoms. The maximum absolute atomic E-state index is 10.1. The molecule has 0 spiro atoms. The van der Waals surface area contributed by atoms with Crippen molar-refractivity contribution in [1.82, 2.24) is 9.97 Å². The molecule has 2 aromatic heterocycles. The van der Waals surface area contributed by atoms with Crippen LogP contribution >= 0.6 is 11.3 Å². The summed E-state index contributed by atoms with van der Waals surface area (Å²) in [6.07, 6.45) is 4.44. The molecular weight excluding hydrogens is 368 g/mol. The molecule has 0 atom stereocenters. The van der Waals surface area contributed by atoms with E-state index in [0.717, 1.165) is 23.5 Å². The van der Waals surface area contributed by atoms with Crippen molar-refractivity contribution in [3.63, 3.8) is 0 Å². The molecular formula is C22H18N4OS. The molecule has 4 rings (SSSR count). The van der Waals surface area contributed by atoms with Gasteiger partial charge in [0.15, 0.2) is 5.13 Å². The molecule has 0 saturated heterocycles. The normalized spacial score (nSPS) is 9.86. The van der Waals surface area contributed by atoms with Crippen LogP contribution in [0.3, 0.4) is 0 Å². The molecule has 2 aromatic carbocycles. The maximum atomic E-state index is 10.1. The third-order valence-corrected chi connectivity index (χ3v) is 5.08. The van der Waals surface area contributed by atoms with Gasteiger partial charge in [-0.05, 0) is 35.9 Å². The lowest BCUT2D eigenvalue weighted by Gasteiger charge is -2.14. The summed E-state index contributed by atoms with van der Waals surface area (Å²) in [4.78, 5) is 21.0. The van der Waals surface area contributed by atoms with Crippen LogP contribution < -0.4 is 4.90 Å². The van der Waals surface area contributed by atoms with Crippen LogP contribution in [0, 0.1) is 11.3 Å². The van der Waals surface area contributed by atoms with Gasteiger partial charge >= 0.3 is 0 Å². The van der Waals surface area contributed by atoms with Crippen molar-refractivity contribution in [2.24, 2.45) is 0 Å². The topological polar surface area (TPSA) is 69.9 Å². The third-order valence-electron chi connectivity index (χ3n) is 3.93. The fraction of sp³-hybridized carbons (Fsp3) is 0.0909. The highest BCUT2D eigenvalue weighted by atomic mass is 32.1. The number of pyridine rings is 1. The van der Waals surface area contributed by atoms with Gasteiger partial charge in [0.2, 0.25) is 0 Å². The molecule has 2 heterocycles. The van der Waals surface area contributed by atoms with E-state index in [1.165, 1.54) is 10.3 Å². The van der Waals surface area contributed by atoms with Crippen molar-refractivity contribution >= 4 is 33.0 Å². The van der Waals surface area contributed by atoms with Gasteiger partial charge in [-0.15, -0.1) is 0 Å². The van der Waals surface area contributed by atoms with Crippen molar-refractivity contribution in [2.75, 3.05) is 11.9 Å². The number of fused-ring (bicyclic) bond motifs is 1. The second-order valence-corrected chi connectivity index (χ2v) is 7.04. The summed E-state index contributed by atoms with van der Waals surface area (Å²) in [7, 11) is 2.06. The summed E-state index contributed by atoms with van der Waals surface area (Å²) >= 11 is 1.72. The smallest absolute Gasteiger partial charge is 0.186 e. The molecule has 0 aliphatic rings. The second-order valence-electron chi connectivity index (χ2n) is 6.03. The number of carbonyl (C=O) groups excluding carboxylic acids is 1. The fourth-order valence-corrected chi connectivity index (χ4v) is 3.42. The molecule has 5 nitrogen and oxygen atoms in total. The van der Waals surface area contributed by atoms with Crippen LogP contribution in [0.2, 0.25) is 0 Å². The number of nitriles is 1. The first-order chi connectivity index (χ1) is 13.7. The van der Waals surface area contributed by atoms with E-state index in [4.69, 9.17) is 5.26 Å². The number of aldehydes is 1. The molecule has 4 aromatic rings. The molecule has 0 N–H and O–H groups in total. The Morgan fingerprint density at radius 1 is 1.11 bits per heavy atom. The molecule has 0 saturated carbocycles. The first kappa shape index (κ1) is 19.2. The van der Waals surface area contributed by atoms with E-state index in [0.29, 0.717) is 11.1 Å². The average Bonchev–Trinajstić information content (AvgIpc) is 3.19. The number of carbonyl (C=O) groups is 1. The Hall–Kier alpha value is -3.56. The van der Waals surface area contributed by atoms with Gasteiger partial charge in [-0.1, -0.05) is 41.7 Å². The Bertz CT molecular complexity index is 1050. The van der Waals surface area contributed by atoms with Gasteiger partial charge in [-0.25, -0.2) is 4.98 Å². The van der Waals surface area contributed by atoms with E-state index in [2.05, 4.69) is 34.0 Å². The van der Waals surface area contributed by atoms with Crippen LogP contribution in [0.5, 0.6) is 0 Å². The number of para-hydroxylation sites is 1. The van der Waals surface area contributed by atoms with E-state index < -0.39 is 0 Å². The summed E-state index contributed by atoms with van der Waals surface area (Å²) < 4.78 is 1.23. The minimum atomic E-state index is 0.575. The number of thiazole rings is 1. The molecule has 0 amide bonds. The zero-order valence-corrected chi connectivity index (χ0v) is 16.1. The minimum Gasteiger partial charge on any atom is -0.347 e. The van der Waals surface area contributed by atoms with E-state index in [-0.39, 0.29) is 0 Å². The Morgan fingerprint density at radius 2 is 1.89 bits per heavy atom. The van der Waals surface area contributed by atoms with Crippen molar-refractivity contribution in [2.45, 2.75) is 6.54 Å². The van der Waals surface area contributed by atoms with E-state index in [1.54, 1.807) is 41.8 Å². The highest BCUT2D eigenvalue weighted by molar-refractivity contribution is 7.22. The highest BCUT2D eigenvalue weighted by Crippen LogP contribution is 2.28. The zero-order chi connectivity index (χ0) is 19.8. The SMILES string of the molecule is CN(Cc1cccnc1)c1nc2ccccc2s1.N#Cc1ccc(C=O)cc1. The summed E-state index contributed by atoms with van der Waals surface area (Å²) in [6, 6.07) is 20.7. The lowest BCUT2D eigenvalue weighted by Crippen LogP contribution is -2.15.